The van der Waals surface area contributed by atoms with E-state index in [4.69, 9.17) is 4.74 Å². The van der Waals surface area contributed by atoms with Crippen molar-refractivity contribution in [2.24, 2.45) is 5.92 Å². The Morgan fingerprint density at radius 2 is 2.15 bits per heavy atom. The van der Waals surface area contributed by atoms with E-state index in [-0.39, 0.29) is 0 Å². The summed E-state index contributed by atoms with van der Waals surface area (Å²) in [5.74, 6) is 0.531. The number of hydrogen-bond acceptors (Lipinski definition) is 3. The maximum Gasteiger partial charge on any atom is 0.0705 e. The number of hydrogen-bond donors (Lipinski definition) is 1. The number of nitrogens with zero attached hydrogens (tertiary/aromatic N) is 1. The normalized spacial score (nSPS) is 14.3. The van der Waals surface area contributed by atoms with Crippen molar-refractivity contribution >= 4 is 10.9 Å². The van der Waals surface area contributed by atoms with Gasteiger partial charge in [-0.3, -0.25) is 4.98 Å². The van der Waals surface area contributed by atoms with Gasteiger partial charge in [0.1, 0.15) is 0 Å². The average Bonchev–Trinajstić information content (AvgIpc) is 2.46. The van der Waals surface area contributed by atoms with Gasteiger partial charge < -0.3 is 10.1 Å². The Morgan fingerprint density at radius 1 is 1.30 bits per heavy atom. The first-order chi connectivity index (χ1) is 9.74. The molecule has 0 fully saturated rings. The fourth-order valence-corrected chi connectivity index (χ4v) is 2.64. The van der Waals surface area contributed by atoms with Crippen molar-refractivity contribution in [1.29, 1.82) is 0 Å². The Kier molecular flexibility index (Phi) is 5.50. The van der Waals surface area contributed by atoms with E-state index < -0.39 is 0 Å². The van der Waals surface area contributed by atoms with E-state index in [1.54, 1.807) is 7.11 Å². The predicted molar refractivity (Wildman–Crippen MR) is 83.8 cm³/mol. The van der Waals surface area contributed by atoms with E-state index >= 15 is 0 Å². The van der Waals surface area contributed by atoms with Crippen LogP contribution in [0.5, 0.6) is 0 Å². The molecule has 0 aliphatic heterocycles. The van der Waals surface area contributed by atoms with Crippen LogP contribution in [-0.2, 0) is 4.74 Å². The minimum absolute atomic E-state index is 0.358. The third-order valence-corrected chi connectivity index (χ3v) is 3.57. The van der Waals surface area contributed by atoms with Gasteiger partial charge in [0, 0.05) is 31.3 Å². The van der Waals surface area contributed by atoms with Crippen LogP contribution < -0.4 is 5.32 Å². The van der Waals surface area contributed by atoms with Crippen LogP contribution in [0.15, 0.2) is 36.5 Å². The summed E-state index contributed by atoms with van der Waals surface area (Å²) in [7, 11) is 1.76. The van der Waals surface area contributed by atoms with Crippen LogP contribution in [0.3, 0.4) is 0 Å². The summed E-state index contributed by atoms with van der Waals surface area (Å²) in [6.07, 6.45) is 2.92. The zero-order chi connectivity index (χ0) is 14.4. The lowest BCUT2D eigenvalue weighted by Crippen LogP contribution is -2.24. The van der Waals surface area contributed by atoms with E-state index in [2.05, 4.69) is 48.4 Å². The molecular weight excluding hydrogens is 248 g/mol. The molecule has 3 nitrogen and oxygen atoms in total. The number of ether oxygens (including phenoxy) is 1. The molecule has 20 heavy (non-hydrogen) atoms. The number of nitrogens with one attached hydrogen (secondary N) is 1. The molecule has 108 valence electrons. The molecule has 2 aromatic rings. The van der Waals surface area contributed by atoms with Crippen LogP contribution in [0.25, 0.3) is 10.9 Å². The first-order valence-corrected chi connectivity index (χ1v) is 7.31. The van der Waals surface area contributed by atoms with Gasteiger partial charge in [-0.2, -0.15) is 0 Å². The van der Waals surface area contributed by atoms with Gasteiger partial charge in [0.05, 0.1) is 5.52 Å². The first kappa shape index (κ1) is 14.9. The van der Waals surface area contributed by atoms with E-state index in [9.17, 15) is 0 Å². The van der Waals surface area contributed by atoms with E-state index in [1.165, 1.54) is 10.9 Å². The van der Waals surface area contributed by atoms with Crippen LogP contribution >= 0.6 is 0 Å². The molecule has 0 saturated carbocycles. The molecule has 1 heterocycles. The predicted octanol–water partition coefficient (Wildman–Crippen LogP) is 3.56. The third kappa shape index (κ3) is 3.78. The lowest BCUT2D eigenvalue weighted by Gasteiger charge is -2.22. The topological polar surface area (TPSA) is 34.1 Å². The largest absolute Gasteiger partial charge is 0.384 e. The van der Waals surface area contributed by atoms with Gasteiger partial charge in [-0.25, -0.2) is 0 Å². The molecule has 0 saturated heterocycles. The van der Waals surface area contributed by atoms with Crippen molar-refractivity contribution < 1.29 is 4.74 Å². The number of pyridine rings is 1. The summed E-state index contributed by atoms with van der Waals surface area (Å²) < 4.78 is 5.25. The number of benzene rings is 1. The molecule has 1 N–H and O–H groups in total. The highest BCUT2D eigenvalue weighted by molar-refractivity contribution is 5.78. The SMILES string of the molecule is CCNC(CC(C)COC)c1ccc2cccnc2c1. The van der Waals surface area contributed by atoms with Crippen molar-refractivity contribution in [3.8, 4) is 0 Å². The number of rotatable bonds is 7. The van der Waals surface area contributed by atoms with Gasteiger partial charge in [0.25, 0.3) is 0 Å². The van der Waals surface area contributed by atoms with Crippen LogP contribution in [0.2, 0.25) is 0 Å². The Labute approximate surface area is 121 Å². The monoisotopic (exact) mass is 272 g/mol. The molecule has 3 heteroatoms. The Bertz CT molecular complexity index is 541. The Balaban J connectivity index is 2.21. The van der Waals surface area contributed by atoms with Gasteiger partial charge >= 0.3 is 0 Å². The highest BCUT2D eigenvalue weighted by atomic mass is 16.5. The van der Waals surface area contributed by atoms with Crippen molar-refractivity contribution in [2.45, 2.75) is 26.3 Å². The molecule has 2 rings (SSSR count). The van der Waals surface area contributed by atoms with E-state index in [1.807, 2.05) is 12.3 Å². The zero-order valence-electron chi connectivity index (χ0n) is 12.6. The van der Waals surface area contributed by atoms with Crippen LogP contribution in [-0.4, -0.2) is 25.2 Å². The minimum atomic E-state index is 0.358. The van der Waals surface area contributed by atoms with Gasteiger partial charge in [-0.15, -0.1) is 0 Å². The highest BCUT2D eigenvalue weighted by Gasteiger charge is 2.15. The second kappa shape index (κ2) is 7.36. The molecule has 0 aliphatic rings. The Hall–Kier alpha value is -1.45. The second-order valence-corrected chi connectivity index (χ2v) is 5.36. The number of fused-ring (bicyclic) bond motifs is 1. The quantitative estimate of drug-likeness (QED) is 0.837. The van der Waals surface area contributed by atoms with Gasteiger partial charge in [-0.05, 0) is 36.6 Å². The smallest absolute Gasteiger partial charge is 0.0705 e. The summed E-state index contributed by atoms with van der Waals surface area (Å²) in [5.41, 5.74) is 2.37. The third-order valence-electron chi connectivity index (χ3n) is 3.57. The highest BCUT2D eigenvalue weighted by Crippen LogP contribution is 2.24. The van der Waals surface area contributed by atoms with Crippen molar-refractivity contribution in [3.05, 3.63) is 42.1 Å². The van der Waals surface area contributed by atoms with Crippen molar-refractivity contribution in [1.82, 2.24) is 10.3 Å². The average molecular weight is 272 g/mol. The molecule has 1 aromatic heterocycles. The summed E-state index contributed by atoms with van der Waals surface area (Å²) in [4.78, 5) is 4.45. The molecular formula is C17H24N2O. The standard InChI is InChI=1S/C17H24N2O/c1-4-18-16(10-13(2)12-20-3)15-8-7-14-6-5-9-19-17(14)11-15/h5-9,11,13,16,18H,4,10,12H2,1-3H3. The molecule has 2 atom stereocenters. The minimum Gasteiger partial charge on any atom is -0.384 e. The zero-order valence-corrected chi connectivity index (χ0v) is 12.6. The van der Waals surface area contributed by atoms with Gasteiger partial charge in [0.15, 0.2) is 0 Å². The molecule has 0 amide bonds. The molecule has 0 bridgehead atoms. The lowest BCUT2D eigenvalue weighted by atomic mass is 9.95. The number of aromatic nitrogens is 1. The fraction of sp³-hybridized carbons (Fsp3) is 0.471. The molecule has 0 spiro atoms. The summed E-state index contributed by atoms with van der Waals surface area (Å²) in [6.45, 7) is 6.14. The maximum atomic E-state index is 5.25. The summed E-state index contributed by atoms with van der Waals surface area (Å²) >= 11 is 0. The van der Waals surface area contributed by atoms with E-state index in [0.717, 1.165) is 25.1 Å². The van der Waals surface area contributed by atoms with Crippen LogP contribution in [0, 0.1) is 5.92 Å². The first-order valence-electron chi connectivity index (χ1n) is 7.31. The summed E-state index contributed by atoms with van der Waals surface area (Å²) in [6, 6.07) is 11.0. The fourth-order valence-electron chi connectivity index (χ4n) is 2.64. The molecule has 1 aromatic carbocycles. The maximum absolute atomic E-state index is 5.25. The lowest BCUT2D eigenvalue weighted by molar-refractivity contribution is 0.149. The van der Waals surface area contributed by atoms with Crippen LogP contribution in [0.4, 0.5) is 0 Å². The molecule has 0 aliphatic carbocycles. The van der Waals surface area contributed by atoms with Gasteiger partial charge in [-0.1, -0.05) is 32.0 Å². The molecule has 2 unspecified atom stereocenters. The number of methoxy groups -OCH3 is 1. The summed E-state index contributed by atoms with van der Waals surface area (Å²) in [5, 5.41) is 4.76. The Morgan fingerprint density at radius 3 is 2.90 bits per heavy atom. The van der Waals surface area contributed by atoms with Crippen molar-refractivity contribution in [2.75, 3.05) is 20.3 Å². The van der Waals surface area contributed by atoms with Gasteiger partial charge in [0.2, 0.25) is 0 Å². The molecule has 0 radical (unpaired) electrons. The van der Waals surface area contributed by atoms with Crippen LogP contribution in [0.1, 0.15) is 31.9 Å². The van der Waals surface area contributed by atoms with Crippen molar-refractivity contribution in [3.63, 3.8) is 0 Å². The second-order valence-electron chi connectivity index (χ2n) is 5.36. The van der Waals surface area contributed by atoms with E-state index in [0.29, 0.717) is 12.0 Å².